The van der Waals surface area contributed by atoms with Gasteiger partial charge in [0.05, 0.1) is 17.8 Å². The van der Waals surface area contributed by atoms with E-state index in [1.54, 1.807) is 13.4 Å². The number of imidazole rings is 1. The van der Waals surface area contributed by atoms with E-state index in [4.69, 9.17) is 9.72 Å². The lowest BCUT2D eigenvalue weighted by atomic mass is 10.2. The minimum absolute atomic E-state index is 0.152. The van der Waals surface area contributed by atoms with Crippen molar-refractivity contribution in [1.82, 2.24) is 19.9 Å². The molecule has 1 N–H and O–H groups in total. The number of H-pyrrole nitrogens is 1. The van der Waals surface area contributed by atoms with Gasteiger partial charge in [0, 0.05) is 44.9 Å². The number of ether oxygens (including phenoxy) is 1. The molecule has 7 nitrogen and oxygen atoms in total. The molecule has 7 heteroatoms. The number of anilines is 2. The summed E-state index contributed by atoms with van der Waals surface area (Å²) in [7, 11) is 1.78. The summed E-state index contributed by atoms with van der Waals surface area (Å²) in [6.45, 7) is 7.08. The summed E-state index contributed by atoms with van der Waals surface area (Å²) in [4.78, 5) is 21.8. The third-order valence-corrected chi connectivity index (χ3v) is 5.42. The highest BCUT2D eigenvalue weighted by atomic mass is 16.5. The minimum atomic E-state index is 0.152. The third-order valence-electron chi connectivity index (χ3n) is 5.42. The number of aromatic nitrogens is 4. The molecule has 0 spiro atoms. The van der Waals surface area contributed by atoms with Gasteiger partial charge < -0.3 is 19.5 Å². The maximum absolute atomic E-state index is 5.64. The number of methoxy groups -OCH3 is 1. The molecule has 2 aliphatic rings. The van der Waals surface area contributed by atoms with E-state index in [1.165, 1.54) is 12.8 Å². The lowest BCUT2D eigenvalue weighted by Gasteiger charge is -2.25. The van der Waals surface area contributed by atoms with Gasteiger partial charge in [-0.1, -0.05) is 0 Å². The summed E-state index contributed by atoms with van der Waals surface area (Å²) in [5, 5.41) is 0. The molecule has 0 aromatic carbocycles. The fraction of sp³-hybridized carbons (Fsp3) is 0.611. The van der Waals surface area contributed by atoms with Crippen LogP contribution in [0, 0.1) is 13.8 Å². The number of aryl methyl sites for hydroxylation is 2. The van der Waals surface area contributed by atoms with E-state index >= 15 is 0 Å². The molecule has 0 saturated carbocycles. The number of rotatable bonds is 4. The van der Waals surface area contributed by atoms with Crippen molar-refractivity contribution in [3.05, 3.63) is 29.6 Å². The van der Waals surface area contributed by atoms with Crippen molar-refractivity contribution in [2.75, 3.05) is 36.5 Å². The van der Waals surface area contributed by atoms with E-state index in [0.29, 0.717) is 0 Å². The first kappa shape index (κ1) is 16.3. The summed E-state index contributed by atoms with van der Waals surface area (Å²) in [5.74, 6) is 2.97. The van der Waals surface area contributed by atoms with Crippen LogP contribution in [0.4, 0.5) is 11.6 Å². The van der Waals surface area contributed by atoms with E-state index in [9.17, 15) is 0 Å². The van der Waals surface area contributed by atoms with Crippen LogP contribution < -0.4 is 9.80 Å². The van der Waals surface area contributed by atoms with Crippen molar-refractivity contribution in [3.63, 3.8) is 0 Å². The minimum Gasteiger partial charge on any atom is -0.380 e. The Kier molecular flexibility index (Phi) is 4.33. The first-order chi connectivity index (χ1) is 12.2. The van der Waals surface area contributed by atoms with Gasteiger partial charge >= 0.3 is 0 Å². The lowest BCUT2D eigenvalue weighted by molar-refractivity contribution is 0.118. The maximum atomic E-state index is 5.64. The summed E-state index contributed by atoms with van der Waals surface area (Å²) in [5.41, 5.74) is 2.17. The first-order valence-corrected chi connectivity index (χ1v) is 9.05. The fourth-order valence-corrected chi connectivity index (χ4v) is 3.83. The second kappa shape index (κ2) is 6.63. The first-order valence-electron chi connectivity index (χ1n) is 9.05. The maximum Gasteiger partial charge on any atom is 0.134 e. The average Bonchev–Trinajstić information content (AvgIpc) is 3.35. The Bertz CT molecular complexity index is 719. The largest absolute Gasteiger partial charge is 0.380 e. The zero-order chi connectivity index (χ0) is 17.4. The molecule has 0 radical (unpaired) electrons. The molecule has 2 atom stereocenters. The molecule has 0 aliphatic carbocycles. The van der Waals surface area contributed by atoms with Crippen molar-refractivity contribution in [2.24, 2.45) is 0 Å². The predicted octanol–water partition coefficient (Wildman–Crippen LogP) is 2.38. The molecule has 2 aliphatic heterocycles. The Morgan fingerprint density at radius 3 is 2.60 bits per heavy atom. The number of hydrogen-bond donors (Lipinski definition) is 1. The van der Waals surface area contributed by atoms with E-state index in [-0.39, 0.29) is 12.1 Å². The predicted molar refractivity (Wildman–Crippen MR) is 97.0 cm³/mol. The van der Waals surface area contributed by atoms with Gasteiger partial charge in [-0.2, -0.15) is 0 Å². The van der Waals surface area contributed by atoms with Crippen molar-refractivity contribution in [3.8, 4) is 0 Å². The van der Waals surface area contributed by atoms with Crippen molar-refractivity contribution in [2.45, 2.75) is 45.3 Å². The zero-order valence-corrected chi connectivity index (χ0v) is 15.2. The molecule has 4 rings (SSSR count). The van der Waals surface area contributed by atoms with Crippen molar-refractivity contribution in [1.29, 1.82) is 0 Å². The van der Waals surface area contributed by atoms with Gasteiger partial charge in [0.25, 0.3) is 0 Å². The highest BCUT2D eigenvalue weighted by Gasteiger charge is 2.36. The second-order valence-electron chi connectivity index (χ2n) is 7.02. The topological polar surface area (TPSA) is 70.2 Å². The van der Waals surface area contributed by atoms with Gasteiger partial charge in [0.15, 0.2) is 0 Å². The molecule has 2 aromatic rings. The highest BCUT2D eigenvalue weighted by Crippen LogP contribution is 2.36. The molecule has 2 aromatic heterocycles. The van der Waals surface area contributed by atoms with E-state index in [1.807, 2.05) is 6.92 Å². The van der Waals surface area contributed by atoms with Crippen LogP contribution in [-0.4, -0.2) is 52.8 Å². The van der Waals surface area contributed by atoms with Crippen LogP contribution in [0.1, 0.15) is 42.5 Å². The van der Waals surface area contributed by atoms with Gasteiger partial charge in [-0.05, 0) is 26.7 Å². The highest BCUT2D eigenvalue weighted by molar-refractivity contribution is 5.52. The fourth-order valence-electron chi connectivity index (χ4n) is 3.83. The number of aromatic amines is 1. The van der Waals surface area contributed by atoms with Crippen LogP contribution in [0.25, 0.3) is 0 Å². The Morgan fingerprint density at radius 1 is 1.16 bits per heavy atom. The van der Waals surface area contributed by atoms with Gasteiger partial charge in [-0.25, -0.2) is 15.0 Å². The van der Waals surface area contributed by atoms with Crippen LogP contribution in [0.15, 0.2) is 12.4 Å². The Labute approximate surface area is 148 Å². The van der Waals surface area contributed by atoms with Crippen molar-refractivity contribution < 1.29 is 4.74 Å². The summed E-state index contributed by atoms with van der Waals surface area (Å²) in [6, 6.07) is 2.26. The van der Waals surface area contributed by atoms with Gasteiger partial charge in [-0.15, -0.1) is 0 Å². The molecule has 4 heterocycles. The zero-order valence-electron chi connectivity index (χ0n) is 15.2. The molecule has 2 fully saturated rings. The third kappa shape index (κ3) is 3.08. The van der Waals surface area contributed by atoms with Crippen LogP contribution >= 0.6 is 0 Å². The Morgan fingerprint density at radius 2 is 1.92 bits per heavy atom. The second-order valence-corrected chi connectivity index (χ2v) is 7.02. The monoisotopic (exact) mass is 342 g/mol. The van der Waals surface area contributed by atoms with E-state index < -0.39 is 0 Å². The lowest BCUT2D eigenvalue weighted by Crippen LogP contribution is -2.27. The standard InChI is InChI=1S/C18H26N6O/c1-12-13(2)22-18(21-12)15-8-14(25-3)10-24(15)17-9-16(19-11-20-17)23-6-4-5-7-23/h9,11,14-15H,4-8,10H2,1-3H3,(H,21,22)/t14-,15+/m1/s1. The number of nitrogens with zero attached hydrogens (tertiary/aromatic N) is 5. The van der Waals surface area contributed by atoms with Gasteiger partial charge in [0.1, 0.15) is 23.8 Å². The number of hydrogen-bond acceptors (Lipinski definition) is 6. The van der Waals surface area contributed by atoms with Crippen LogP contribution in [-0.2, 0) is 4.74 Å². The molecule has 2 saturated heterocycles. The van der Waals surface area contributed by atoms with Crippen LogP contribution in [0.5, 0.6) is 0 Å². The van der Waals surface area contributed by atoms with Gasteiger partial charge in [0.2, 0.25) is 0 Å². The molecule has 25 heavy (non-hydrogen) atoms. The quantitative estimate of drug-likeness (QED) is 0.920. The smallest absolute Gasteiger partial charge is 0.134 e. The normalized spacial score (nSPS) is 23.6. The van der Waals surface area contributed by atoms with E-state index in [0.717, 1.165) is 54.9 Å². The van der Waals surface area contributed by atoms with Crippen LogP contribution in [0.2, 0.25) is 0 Å². The molecule has 0 unspecified atom stereocenters. The number of nitrogens with one attached hydrogen (secondary N) is 1. The molecular formula is C18H26N6O. The summed E-state index contributed by atoms with van der Waals surface area (Å²) >= 11 is 0. The Balaban J connectivity index is 1.65. The van der Waals surface area contributed by atoms with E-state index in [2.05, 4.69) is 37.7 Å². The van der Waals surface area contributed by atoms with Crippen molar-refractivity contribution >= 4 is 11.6 Å². The molecular weight excluding hydrogens is 316 g/mol. The Hall–Kier alpha value is -2.15. The molecule has 0 amide bonds. The average molecular weight is 342 g/mol. The molecule has 0 bridgehead atoms. The summed E-state index contributed by atoms with van der Waals surface area (Å²) < 4.78 is 5.64. The van der Waals surface area contributed by atoms with Crippen LogP contribution in [0.3, 0.4) is 0 Å². The SMILES string of the molecule is CO[C@@H]1C[C@@H](c2nc(C)c(C)[nH]2)N(c2cc(N3CCCC3)ncn2)C1. The van der Waals surface area contributed by atoms with Gasteiger partial charge in [-0.3, -0.25) is 0 Å². The molecule has 134 valence electrons. The summed E-state index contributed by atoms with van der Waals surface area (Å²) in [6.07, 6.45) is 5.25.